The van der Waals surface area contributed by atoms with Crippen molar-refractivity contribution in [2.24, 2.45) is 0 Å². The van der Waals surface area contributed by atoms with Crippen LogP contribution in [0.1, 0.15) is 0 Å². The van der Waals surface area contributed by atoms with E-state index in [-0.39, 0.29) is 0 Å². The predicted molar refractivity (Wildman–Crippen MR) is 44.3 cm³/mol. The first-order valence-electron chi connectivity index (χ1n) is 2.24. The van der Waals surface area contributed by atoms with Gasteiger partial charge in [0.1, 0.15) is 4.64 Å². The molecule has 0 saturated heterocycles. The van der Waals surface area contributed by atoms with E-state index in [9.17, 15) is 0 Å². The Labute approximate surface area is 71.2 Å². The largest absolute Gasteiger partial charge is 0.351 e. The van der Waals surface area contributed by atoms with Crippen molar-refractivity contribution in [3.63, 3.8) is 0 Å². The zero-order valence-electron chi connectivity index (χ0n) is 4.32. The molecule has 0 fully saturated rings. The Morgan fingerprint density at radius 1 is 1.67 bits per heavy atom. The fourth-order valence-electron chi connectivity index (χ4n) is 0.432. The van der Waals surface area contributed by atoms with Crippen LogP contribution in [0.25, 0.3) is 0 Å². The maximum atomic E-state index is 5.65. The molecule has 0 bridgehead atoms. The third kappa shape index (κ3) is 1.78. The molecule has 9 heavy (non-hydrogen) atoms. The maximum absolute atomic E-state index is 5.65. The Hall–Kier alpha value is 0.140. The van der Waals surface area contributed by atoms with Gasteiger partial charge in [0.2, 0.25) is 0 Å². The number of aromatic nitrogens is 1. The van der Waals surface area contributed by atoms with E-state index < -0.39 is 0 Å². The van der Waals surface area contributed by atoms with Crippen LogP contribution >= 0.6 is 39.7 Å². The van der Waals surface area contributed by atoms with Gasteiger partial charge in [0.15, 0.2) is 0 Å². The van der Waals surface area contributed by atoms with Gasteiger partial charge in [0, 0.05) is 10.7 Å². The smallest absolute Gasteiger partial charge is 0.122 e. The van der Waals surface area contributed by atoms with Crippen molar-refractivity contribution in [3.05, 3.63) is 26.4 Å². The molecule has 0 unspecified atom stereocenters. The van der Waals surface area contributed by atoms with E-state index in [2.05, 4.69) is 20.9 Å². The Balaban J connectivity index is 3.34. The average Bonchev–Trinajstić information content (AvgIpc) is 1.80. The van der Waals surface area contributed by atoms with Crippen LogP contribution in [0.4, 0.5) is 0 Å². The van der Waals surface area contributed by atoms with Gasteiger partial charge >= 0.3 is 0 Å². The Bertz CT molecular complexity index is 270. The molecule has 1 aromatic rings. The van der Waals surface area contributed by atoms with Gasteiger partial charge < -0.3 is 4.98 Å². The Morgan fingerprint density at radius 3 is 2.78 bits per heavy atom. The molecule has 1 heterocycles. The summed E-state index contributed by atoms with van der Waals surface area (Å²) >= 11 is 13.7. The average molecular weight is 225 g/mol. The van der Waals surface area contributed by atoms with Crippen molar-refractivity contribution in [1.29, 1.82) is 0 Å². The third-order valence-electron chi connectivity index (χ3n) is 0.823. The van der Waals surface area contributed by atoms with E-state index in [4.69, 9.17) is 23.8 Å². The lowest BCUT2D eigenvalue weighted by Crippen LogP contribution is -1.73. The predicted octanol–water partition coefficient (Wildman–Crippen LogP) is 3.16. The summed E-state index contributed by atoms with van der Waals surface area (Å²) in [7, 11) is 0. The molecule has 1 rings (SSSR count). The summed E-state index contributed by atoms with van der Waals surface area (Å²) in [6.07, 6.45) is 1.74. The second-order valence-corrected chi connectivity index (χ2v) is 3.23. The summed E-state index contributed by atoms with van der Waals surface area (Å²) < 4.78 is 1.47. The topological polar surface area (TPSA) is 15.8 Å². The van der Waals surface area contributed by atoms with Crippen molar-refractivity contribution in [1.82, 2.24) is 4.98 Å². The number of H-pyrrole nitrogens is 1. The SMILES string of the molecule is S=c1[nH]cc(Br)cc1Cl. The van der Waals surface area contributed by atoms with Crippen molar-refractivity contribution < 1.29 is 0 Å². The lowest BCUT2D eigenvalue weighted by atomic mass is 10.5. The van der Waals surface area contributed by atoms with Gasteiger partial charge in [-0.1, -0.05) is 23.8 Å². The molecule has 1 N–H and O–H groups in total. The number of hydrogen-bond donors (Lipinski definition) is 1. The molecule has 0 atom stereocenters. The number of rotatable bonds is 0. The number of nitrogens with one attached hydrogen (secondary N) is 1. The molecule has 4 heteroatoms. The van der Waals surface area contributed by atoms with Gasteiger partial charge in [0.25, 0.3) is 0 Å². The fraction of sp³-hybridized carbons (Fsp3) is 0. The van der Waals surface area contributed by atoms with E-state index in [0.717, 1.165) is 4.47 Å². The summed E-state index contributed by atoms with van der Waals surface area (Å²) in [5.41, 5.74) is 0. The van der Waals surface area contributed by atoms with Crippen molar-refractivity contribution >= 4 is 39.7 Å². The first-order chi connectivity index (χ1) is 4.20. The lowest BCUT2D eigenvalue weighted by Gasteiger charge is -1.89. The van der Waals surface area contributed by atoms with Crippen molar-refractivity contribution in [3.8, 4) is 0 Å². The van der Waals surface area contributed by atoms with Gasteiger partial charge in [0.05, 0.1) is 5.02 Å². The molecule has 0 aromatic carbocycles. The molecule has 0 aliphatic carbocycles. The number of hydrogen-bond acceptors (Lipinski definition) is 1. The minimum absolute atomic E-state index is 0.569. The summed E-state index contributed by atoms with van der Waals surface area (Å²) in [5.74, 6) is 0. The quantitative estimate of drug-likeness (QED) is 0.669. The van der Waals surface area contributed by atoms with Gasteiger partial charge in [-0.3, -0.25) is 0 Å². The van der Waals surface area contributed by atoms with Crippen LogP contribution in [0.2, 0.25) is 5.02 Å². The standard InChI is InChI=1S/C5H3BrClNS/c6-3-1-4(7)5(9)8-2-3/h1-2H,(H,8,9). The highest BCUT2D eigenvalue weighted by atomic mass is 79.9. The molecule has 1 nitrogen and oxygen atoms in total. The van der Waals surface area contributed by atoms with E-state index in [1.54, 1.807) is 12.3 Å². The fourth-order valence-corrected chi connectivity index (χ4v) is 1.20. The molecule has 0 aliphatic heterocycles. The van der Waals surface area contributed by atoms with Crippen LogP contribution in [-0.4, -0.2) is 4.98 Å². The summed E-state index contributed by atoms with van der Waals surface area (Å²) in [5, 5.41) is 0.569. The minimum atomic E-state index is 0.569. The highest BCUT2D eigenvalue weighted by Gasteiger charge is 1.89. The highest BCUT2D eigenvalue weighted by molar-refractivity contribution is 9.10. The molecular formula is C5H3BrClNS. The van der Waals surface area contributed by atoms with E-state index in [1.165, 1.54) is 0 Å². The Kier molecular flexibility index (Phi) is 2.27. The van der Waals surface area contributed by atoms with Gasteiger partial charge in [-0.15, -0.1) is 0 Å². The van der Waals surface area contributed by atoms with Crippen molar-refractivity contribution in [2.75, 3.05) is 0 Å². The van der Waals surface area contributed by atoms with Crippen LogP contribution < -0.4 is 0 Å². The molecule has 0 radical (unpaired) electrons. The van der Waals surface area contributed by atoms with Crippen LogP contribution in [0.3, 0.4) is 0 Å². The second-order valence-electron chi connectivity index (χ2n) is 1.49. The van der Waals surface area contributed by atoms with Crippen LogP contribution in [0.15, 0.2) is 16.7 Å². The zero-order valence-corrected chi connectivity index (χ0v) is 7.48. The van der Waals surface area contributed by atoms with Gasteiger partial charge in [-0.25, -0.2) is 0 Å². The second kappa shape index (κ2) is 2.82. The molecule has 0 amide bonds. The molecule has 1 aromatic heterocycles. The molecule has 0 saturated carbocycles. The lowest BCUT2D eigenvalue weighted by molar-refractivity contribution is 1.28. The zero-order chi connectivity index (χ0) is 6.85. The number of pyridine rings is 1. The summed E-state index contributed by atoms with van der Waals surface area (Å²) in [4.78, 5) is 2.80. The summed E-state index contributed by atoms with van der Waals surface area (Å²) in [6, 6.07) is 1.75. The van der Waals surface area contributed by atoms with Crippen LogP contribution in [0, 0.1) is 4.64 Å². The Morgan fingerprint density at radius 2 is 2.33 bits per heavy atom. The van der Waals surface area contributed by atoms with E-state index in [0.29, 0.717) is 9.66 Å². The van der Waals surface area contributed by atoms with Crippen LogP contribution in [0.5, 0.6) is 0 Å². The molecule has 0 spiro atoms. The normalized spacial score (nSPS) is 9.56. The van der Waals surface area contributed by atoms with E-state index >= 15 is 0 Å². The molecule has 0 aliphatic rings. The van der Waals surface area contributed by atoms with Gasteiger partial charge in [-0.05, 0) is 22.0 Å². The number of aromatic amines is 1. The van der Waals surface area contributed by atoms with Crippen LogP contribution in [-0.2, 0) is 0 Å². The maximum Gasteiger partial charge on any atom is 0.122 e. The molecular weight excluding hydrogens is 221 g/mol. The first-order valence-corrected chi connectivity index (χ1v) is 3.82. The van der Waals surface area contributed by atoms with Gasteiger partial charge in [-0.2, -0.15) is 0 Å². The highest BCUT2D eigenvalue weighted by Crippen LogP contribution is 2.14. The monoisotopic (exact) mass is 223 g/mol. The summed E-state index contributed by atoms with van der Waals surface area (Å²) in [6.45, 7) is 0. The number of halogens is 2. The van der Waals surface area contributed by atoms with E-state index in [1.807, 2.05) is 0 Å². The molecule has 48 valence electrons. The first kappa shape index (κ1) is 7.25. The minimum Gasteiger partial charge on any atom is -0.351 e. The van der Waals surface area contributed by atoms with Crippen molar-refractivity contribution in [2.45, 2.75) is 0 Å². The third-order valence-corrected chi connectivity index (χ3v) is 2.03.